The van der Waals surface area contributed by atoms with Crippen LogP contribution in [-0.4, -0.2) is 18.0 Å². The van der Waals surface area contributed by atoms with Crippen molar-refractivity contribution < 1.29 is 0 Å². The number of allylic oxidation sites excluding steroid dienone is 1. The Labute approximate surface area is 67.6 Å². The maximum absolute atomic E-state index is 4.28. The summed E-state index contributed by atoms with van der Waals surface area (Å²) in [4.78, 5) is 4.28. The number of nitrogens with zero attached hydrogens (tertiary/aromatic N) is 1. The van der Waals surface area contributed by atoms with Gasteiger partial charge in [0.15, 0.2) is 0 Å². The van der Waals surface area contributed by atoms with Gasteiger partial charge in [0.1, 0.15) is 0 Å². The molecule has 0 amide bonds. The number of thiol groups is 1. The maximum atomic E-state index is 4.28. The topological polar surface area (TPSA) is 12.4 Å². The van der Waals surface area contributed by atoms with Crippen LogP contribution in [0.1, 0.15) is 13.3 Å². The van der Waals surface area contributed by atoms with E-state index in [1.54, 1.807) is 0 Å². The fraction of sp³-hybridized carbons (Fsp3) is 0.625. The van der Waals surface area contributed by atoms with Gasteiger partial charge in [-0.1, -0.05) is 13.0 Å². The van der Waals surface area contributed by atoms with Crippen LogP contribution in [0.25, 0.3) is 0 Å². The van der Waals surface area contributed by atoms with Gasteiger partial charge in [0.25, 0.3) is 0 Å². The molecule has 1 aliphatic heterocycles. The van der Waals surface area contributed by atoms with E-state index >= 15 is 0 Å². The molecule has 1 nitrogen and oxygen atoms in total. The van der Waals surface area contributed by atoms with Crippen LogP contribution in [0.2, 0.25) is 0 Å². The first-order chi connectivity index (χ1) is 4.84. The molecule has 0 fully saturated rings. The smallest absolute Gasteiger partial charge is 0.0709 e. The van der Waals surface area contributed by atoms with Crippen molar-refractivity contribution in [1.82, 2.24) is 0 Å². The highest BCUT2D eigenvalue weighted by Crippen LogP contribution is 2.15. The molecular weight excluding hydrogens is 142 g/mol. The Hall–Kier alpha value is -0.240. The summed E-state index contributed by atoms with van der Waals surface area (Å²) in [7, 11) is 0. The lowest BCUT2D eigenvalue weighted by molar-refractivity contribution is 0.514. The highest BCUT2D eigenvalue weighted by Gasteiger charge is 2.12. The summed E-state index contributed by atoms with van der Waals surface area (Å²) in [5, 5.41) is 0. The second-order valence-electron chi connectivity index (χ2n) is 2.66. The Morgan fingerprint density at radius 1 is 1.70 bits per heavy atom. The van der Waals surface area contributed by atoms with E-state index in [-0.39, 0.29) is 0 Å². The lowest BCUT2D eigenvalue weighted by Gasteiger charge is -2.12. The summed E-state index contributed by atoms with van der Waals surface area (Å²) in [5.74, 6) is 1.61. The van der Waals surface area contributed by atoms with Gasteiger partial charge < -0.3 is 0 Å². The molecule has 0 N–H and O–H groups in total. The third-order valence-electron chi connectivity index (χ3n) is 1.82. The van der Waals surface area contributed by atoms with Crippen molar-refractivity contribution in [3.63, 3.8) is 0 Å². The second kappa shape index (κ2) is 3.81. The van der Waals surface area contributed by atoms with Gasteiger partial charge in [-0.3, -0.25) is 4.99 Å². The van der Waals surface area contributed by atoms with Crippen LogP contribution in [0.3, 0.4) is 0 Å². The molecular formula is C8H13NS. The van der Waals surface area contributed by atoms with Crippen LogP contribution < -0.4 is 0 Å². The molecule has 1 heterocycles. The van der Waals surface area contributed by atoms with Crippen LogP contribution in [0.5, 0.6) is 0 Å². The van der Waals surface area contributed by atoms with Crippen molar-refractivity contribution in [2.45, 2.75) is 19.4 Å². The van der Waals surface area contributed by atoms with Gasteiger partial charge in [-0.05, 0) is 24.2 Å². The standard InChI is InChI=1S/C8H13NS/c1-7(4-6-10)8-3-2-5-9-8/h2-3,5,7-8,10H,4,6H2,1H3. The minimum atomic E-state index is 0.423. The third kappa shape index (κ3) is 1.87. The first-order valence-corrected chi connectivity index (χ1v) is 4.28. The third-order valence-corrected chi connectivity index (χ3v) is 2.08. The molecule has 0 aromatic rings. The van der Waals surface area contributed by atoms with Gasteiger partial charge >= 0.3 is 0 Å². The summed E-state index contributed by atoms with van der Waals surface area (Å²) in [6, 6.07) is 0.423. The van der Waals surface area contributed by atoms with Crippen molar-refractivity contribution in [3.05, 3.63) is 12.2 Å². The quantitative estimate of drug-likeness (QED) is 0.598. The Balaban J connectivity index is 2.33. The van der Waals surface area contributed by atoms with E-state index in [4.69, 9.17) is 0 Å². The highest BCUT2D eigenvalue weighted by molar-refractivity contribution is 7.80. The predicted octanol–water partition coefficient (Wildman–Crippen LogP) is 1.95. The summed E-state index contributed by atoms with van der Waals surface area (Å²) < 4.78 is 0. The van der Waals surface area contributed by atoms with E-state index in [9.17, 15) is 0 Å². The molecule has 0 saturated carbocycles. The molecule has 1 rings (SSSR count). The molecule has 56 valence electrons. The van der Waals surface area contributed by atoms with Crippen molar-refractivity contribution in [1.29, 1.82) is 0 Å². The Morgan fingerprint density at radius 2 is 2.50 bits per heavy atom. The monoisotopic (exact) mass is 155 g/mol. The molecule has 2 atom stereocenters. The zero-order chi connectivity index (χ0) is 7.40. The molecule has 2 unspecified atom stereocenters. The molecule has 0 aliphatic carbocycles. The van der Waals surface area contributed by atoms with Crippen LogP contribution in [0, 0.1) is 5.92 Å². The van der Waals surface area contributed by atoms with E-state index in [1.807, 2.05) is 12.3 Å². The van der Waals surface area contributed by atoms with Crippen LogP contribution in [0.15, 0.2) is 17.1 Å². The Kier molecular flexibility index (Phi) is 3.00. The fourth-order valence-corrected chi connectivity index (χ4v) is 1.48. The first kappa shape index (κ1) is 7.86. The SMILES string of the molecule is CC(CCS)C1C=CC=N1. The van der Waals surface area contributed by atoms with E-state index in [0.717, 1.165) is 12.2 Å². The molecule has 1 aliphatic rings. The average molecular weight is 155 g/mol. The van der Waals surface area contributed by atoms with E-state index in [2.05, 4.69) is 30.6 Å². The minimum Gasteiger partial charge on any atom is -0.285 e. The van der Waals surface area contributed by atoms with Gasteiger partial charge in [-0.15, -0.1) is 0 Å². The molecule has 0 saturated heterocycles. The fourth-order valence-electron chi connectivity index (χ4n) is 1.07. The van der Waals surface area contributed by atoms with Crippen molar-refractivity contribution in [3.8, 4) is 0 Å². The normalized spacial score (nSPS) is 25.6. The van der Waals surface area contributed by atoms with E-state index in [0.29, 0.717) is 12.0 Å². The highest BCUT2D eigenvalue weighted by atomic mass is 32.1. The summed E-state index contributed by atoms with van der Waals surface area (Å²) in [5.41, 5.74) is 0. The maximum Gasteiger partial charge on any atom is 0.0709 e. The van der Waals surface area contributed by atoms with E-state index in [1.165, 1.54) is 0 Å². The Morgan fingerprint density at radius 3 is 3.00 bits per heavy atom. The van der Waals surface area contributed by atoms with Crippen molar-refractivity contribution in [2.24, 2.45) is 10.9 Å². The number of hydrogen-bond donors (Lipinski definition) is 1. The second-order valence-corrected chi connectivity index (χ2v) is 3.11. The molecule has 0 spiro atoms. The van der Waals surface area contributed by atoms with E-state index < -0.39 is 0 Å². The van der Waals surface area contributed by atoms with Crippen molar-refractivity contribution in [2.75, 3.05) is 5.75 Å². The number of hydrogen-bond acceptors (Lipinski definition) is 2. The lowest BCUT2D eigenvalue weighted by atomic mass is 10.0. The van der Waals surface area contributed by atoms with Crippen LogP contribution in [0.4, 0.5) is 0 Å². The molecule has 0 bridgehead atoms. The minimum absolute atomic E-state index is 0.423. The molecule has 0 aromatic heterocycles. The first-order valence-electron chi connectivity index (χ1n) is 3.65. The largest absolute Gasteiger partial charge is 0.285 e. The number of aliphatic imine (C=N–C) groups is 1. The molecule has 0 radical (unpaired) electrons. The molecule has 10 heavy (non-hydrogen) atoms. The molecule has 2 heteroatoms. The zero-order valence-electron chi connectivity index (χ0n) is 6.20. The summed E-state index contributed by atoms with van der Waals surface area (Å²) in [6.45, 7) is 2.22. The van der Waals surface area contributed by atoms with Gasteiger partial charge in [-0.2, -0.15) is 12.6 Å². The van der Waals surface area contributed by atoms with Gasteiger partial charge in [0.2, 0.25) is 0 Å². The average Bonchev–Trinajstić information content (AvgIpc) is 2.38. The van der Waals surface area contributed by atoms with Crippen LogP contribution in [-0.2, 0) is 0 Å². The predicted molar refractivity (Wildman–Crippen MR) is 49.1 cm³/mol. The zero-order valence-corrected chi connectivity index (χ0v) is 7.09. The van der Waals surface area contributed by atoms with Gasteiger partial charge in [0, 0.05) is 6.21 Å². The summed E-state index contributed by atoms with van der Waals surface area (Å²) in [6.07, 6.45) is 7.18. The lowest BCUT2D eigenvalue weighted by Crippen LogP contribution is -2.11. The molecule has 0 aromatic carbocycles. The Bertz CT molecular complexity index is 139. The van der Waals surface area contributed by atoms with Crippen molar-refractivity contribution >= 4 is 18.8 Å². The number of rotatable bonds is 3. The van der Waals surface area contributed by atoms with Gasteiger partial charge in [0.05, 0.1) is 6.04 Å². The van der Waals surface area contributed by atoms with Crippen LogP contribution >= 0.6 is 12.6 Å². The van der Waals surface area contributed by atoms with Gasteiger partial charge in [-0.25, -0.2) is 0 Å². The summed E-state index contributed by atoms with van der Waals surface area (Å²) >= 11 is 4.18.